The van der Waals surface area contributed by atoms with E-state index in [1.165, 1.54) is 11.3 Å². The summed E-state index contributed by atoms with van der Waals surface area (Å²) in [5.74, 6) is 0.0196. The van der Waals surface area contributed by atoms with Crippen LogP contribution >= 0.6 is 11.3 Å². The summed E-state index contributed by atoms with van der Waals surface area (Å²) in [5.41, 5.74) is 6.86. The standard InChI is InChI=1S/C13H23N3OS/c1-6-8(2)10(14)11(17)16-12-15-9(7-18-12)13(3,4)5/h7-8,10H,6,14H2,1-5H3,(H,15,16,17)/t8?,10-/m1/s1. The van der Waals surface area contributed by atoms with E-state index in [-0.39, 0.29) is 17.2 Å². The summed E-state index contributed by atoms with van der Waals surface area (Å²) in [6, 6.07) is -0.475. The summed E-state index contributed by atoms with van der Waals surface area (Å²) in [7, 11) is 0. The fraction of sp³-hybridized carbons (Fsp3) is 0.692. The molecule has 0 aliphatic rings. The molecule has 1 rings (SSSR count). The van der Waals surface area contributed by atoms with Crippen LogP contribution in [0.5, 0.6) is 0 Å². The van der Waals surface area contributed by atoms with Gasteiger partial charge in [-0.15, -0.1) is 11.3 Å². The number of amides is 1. The number of anilines is 1. The number of nitrogens with two attached hydrogens (primary N) is 1. The molecule has 1 aromatic rings. The van der Waals surface area contributed by atoms with Gasteiger partial charge < -0.3 is 11.1 Å². The third-order valence-corrected chi connectivity index (χ3v) is 3.82. The van der Waals surface area contributed by atoms with E-state index >= 15 is 0 Å². The van der Waals surface area contributed by atoms with Gasteiger partial charge in [0.25, 0.3) is 0 Å². The zero-order valence-corrected chi connectivity index (χ0v) is 12.6. The smallest absolute Gasteiger partial charge is 0.243 e. The van der Waals surface area contributed by atoms with Crippen molar-refractivity contribution in [1.82, 2.24) is 4.98 Å². The molecule has 1 aromatic heterocycles. The first kappa shape index (κ1) is 15.1. The van der Waals surface area contributed by atoms with Crippen molar-refractivity contribution >= 4 is 22.4 Å². The number of thiazole rings is 1. The highest BCUT2D eigenvalue weighted by atomic mass is 32.1. The van der Waals surface area contributed by atoms with E-state index in [1.54, 1.807) is 0 Å². The van der Waals surface area contributed by atoms with Crippen LogP contribution in [0, 0.1) is 5.92 Å². The fourth-order valence-corrected chi connectivity index (χ4v) is 2.32. The lowest BCUT2D eigenvalue weighted by atomic mass is 9.93. The zero-order valence-electron chi connectivity index (χ0n) is 11.8. The van der Waals surface area contributed by atoms with Gasteiger partial charge in [0.15, 0.2) is 5.13 Å². The van der Waals surface area contributed by atoms with Crippen molar-refractivity contribution in [2.75, 3.05) is 5.32 Å². The number of rotatable bonds is 4. The Morgan fingerprint density at radius 3 is 2.61 bits per heavy atom. The van der Waals surface area contributed by atoms with Crippen molar-refractivity contribution in [1.29, 1.82) is 0 Å². The van der Waals surface area contributed by atoms with Crippen molar-refractivity contribution in [3.05, 3.63) is 11.1 Å². The van der Waals surface area contributed by atoms with E-state index < -0.39 is 6.04 Å². The van der Waals surface area contributed by atoms with Crippen molar-refractivity contribution in [3.8, 4) is 0 Å². The van der Waals surface area contributed by atoms with Crippen LogP contribution in [0.15, 0.2) is 5.38 Å². The first-order valence-corrected chi connectivity index (χ1v) is 7.16. The summed E-state index contributed by atoms with van der Waals surface area (Å²) < 4.78 is 0. The van der Waals surface area contributed by atoms with E-state index in [1.807, 2.05) is 19.2 Å². The van der Waals surface area contributed by atoms with Crippen LogP contribution in [0.3, 0.4) is 0 Å². The van der Waals surface area contributed by atoms with Crippen molar-refractivity contribution in [3.63, 3.8) is 0 Å². The van der Waals surface area contributed by atoms with Gasteiger partial charge >= 0.3 is 0 Å². The molecule has 0 saturated carbocycles. The predicted octanol–water partition coefficient (Wildman–Crippen LogP) is 2.75. The first-order valence-electron chi connectivity index (χ1n) is 6.28. The lowest BCUT2D eigenvalue weighted by Gasteiger charge is -2.17. The summed E-state index contributed by atoms with van der Waals surface area (Å²) in [6.45, 7) is 10.3. The Labute approximate surface area is 113 Å². The third kappa shape index (κ3) is 3.78. The molecule has 0 spiro atoms. The summed E-state index contributed by atoms with van der Waals surface area (Å²) in [5, 5.41) is 5.40. The molecular formula is C13H23N3OS. The second kappa shape index (κ2) is 5.80. The average molecular weight is 269 g/mol. The van der Waals surface area contributed by atoms with Crippen LogP contribution in [-0.2, 0) is 10.2 Å². The van der Waals surface area contributed by atoms with E-state index in [0.717, 1.165) is 12.1 Å². The first-order chi connectivity index (χ1) is 8.25. The molecule has 0 bridgehead atoms. The molecule has 18 heavy (non-hydrogen) atoms. The van der Waals surface area contributed by atoms with E-state index in [9.17, 15) is 4.79 Å². The second-order valence-electron chi connectivity index (χ2n) is 5.69. The molecule has 4 nitrogen and oxygen atoms in total. The molecule has 1 heterocycles. The van der Waals surface area contributed by atoms with Crippen molar-refractivity contribution < 1.29 is 4.79 Å². The van der Waals surface area contributed by atoms with Gasteiger partial charge in [0.05, 0.1) is 11.7 Å². The average Bonchev–Trinajstić information content (AvgIpc) is 2.75. The number of nitrogens with one attached hydrogen (secondary N) is 1. The van der Waals surface area contributed by atoms with Gasteiger partial charge in [-0.1, -0.05) is 41.0 Å². The molecule has 0 aliphatic carbocycles. The molecule has 0 radical (unpaired) electrons. The van der Waals surface area contributed by atoms with Crippen LogP contribution < -0.4 is 11.1 Å². The molecule has 1 unspecified atom stereocenters. The van der Waals surface area contributed by atoms with Gasteiger partial charge in [-0.25, -0.2) is 4.98 Å². The quantitative estimate of drug-likeness (QED) is 0.883. The van der Waals surface area contributed by atoms with Crippen LogP contribution in [0.1, 0.15) is 46.7 Å². The molecule has 5 heteroatoms. The minimum atomic E-state index is -0.475. The largest absolute Gasteiger partial charge is 0.320 e. The molecule has 102 valence electrons. The number of nitrogens with zero attached hydrogens (tertiary/aromatic N) is 1. The van der Waals surface area contributed by atoms with Crippen molar-refractivity contribution in [2.24, 2.45) is 11.7 Å². The Bertz CT molecular complexity index is 409. The summed E-state index contributed by atoms with van der Waals surface area (Å²) in [4.78, 5) is 16.3. The van der Waals surface area contributed by atoms with Gasteiger partial charge in [0, 0.05) is 10.8 Å². The van der Waals surface area contributed by atoms with E-state index in [4.69, 9.17) is 5.73 Å². The van der Waals surface area contributed by atoms with Gasteiger partial charge in [-0.2, -0.15) is 0 Å². The maximum absolute atomic E-state index is 11.9. The van der Waals surface area contributed by atoms with Crippen LogP contribution in [-0.4, -0.2) is 16.9 Å². The van der Waals surface area contributed by atoms with Gasteiger partial charge in [-0.05, 0) is 5.92 Å². The Kier molecular flexibility index (Phi) is 4.87. The Balaban J connectivity index is 2.68. The number of aromatic nitrogens is 1. The van der Waals surface area contributed by atoms with Crippen LogP contribution in [0.4, 0.5) is 5.13 Å². The SMILES string of the molecule is CCC(C)[C@@H](N)C(=O)Nc1nc(C(C)(C)C)cs1. The van der Waals surface area contributed by atoms with Crippen molar-refractivity contribution in [2.45, 2.75) is 52.5 Å². The maximum Gasteiger partial charge on any atom is 0.243 e. The minimum absolute atomic E-state index is 0.00168. The Hall–Kier alpha value is -0.940. The molecule has 0 saturated heterocycles. The topological polar surface area (TPSA) is 68.0 Å². The highest BCUT2D eigenvalue weighted by Gasteiger charge is 2.22. The summed E-state index contributed by atoms with van der Waals surface area (Å²) >= 11 is 1.44. The molecule has 3 N–H and O–H groups in total. The number of carbonyl (C=O) groups is 1. The number of carbonyl (C=O) groups excluding carboxylic acids is 1. The lowest BCUT2D eigenvalue weighted by Crippen LogP contribution is -2.40. The maximum atomic E-state index is 11.9. The highest BCUT2D eigenvalue weighted by molar-refractivity contribution is 7.13. The number of hydrogen-bond acceptors (Lipinski definition) is 4. The molecule has 0 aliphatic heterocycles. The van der Waals surface area contributed by atoms with Gasteiger partial charge in [-0.3, -0.25) is 4.79 Å². The van der Waals surface area contributed by atoms with E-state index in [0.29, 0.717) is 5.13 Å². The fourth-order valence-electron chi connectivity index (χ4n) is 1.38. The van der Waals surface area contributed by atoms with E-state index in [2.05, 4.69) is 31.1 Å². The molecule has 1 amide bonds. The van der Waals surface area contributed by atoms with Crippen LogP contribution in [0.25, 0.3) is 0 Å². The second-order valence-corrected chi connectivity index (χ2v) is 6.55. The number of hydrogen-bond donors (Lipinski definition) is 2. The minimum Gasteiger partial charge on any atom is -0.320 e. The third-order valence-electron chi connectivity index (χ3n) is 3.06. The molecular weight excluding hydrogens is 246 g/mol. The zero-order chi connectivity index (χ0) is 13.9. The normalized spacial score (nSPS) is 15.2. The molecule has 2 atom stereocenters. The lowest BCUT2D eigenvalue weighted by molar-refractivity contribution is -0.118. The predicted molar refractivity (Wildman–Crippen MR) is 76.9 cm³/mol. The molecule has 0 aromatic carbocycles. The van der Waals surface area contributed by atoms with Gasteiger partial charge in [0.2, 0.25) is 5.91 Å². The monoisotopic (exact) mass is 269 g/mol. The molecule has 0 fully saturated rings. The summed E-state index contributed by atoms with van der Waals surface area (Å²) in [6.07, 6.45) is 0.889. The Morgan fingerprint density at radius 1 is 1.56 bits per heavy atom. The highest BCUT2D eigenvalue weighted by Crippen LogP contribution is 2.26. The van der Waals surface area contributed by atoms with Gasteiger partial charge in [0.1, 0.15) is 0 Å². The Morgan fingerprint density at radius 2 is 2.17 bits per heavy atom. The van der Waals surface area contributed by atoms with Crippen LogP contribution in [0.2, 0.25) is 0 Å².